The molecule has 11 heteroatoms. The molecule has 2 heterocycles. The quantitative estimate of drug-likeness (QED) is 0.246. The lowest BCUT2D eigenvalue weighted by atomic mass is 10.1. The van der Waals surface area contributed by atoms with Crippen molar-refractivity contribution in [1.82, 2.24) is 15.1 Å². The molecule has 1 N–H and O–H groups in total. The number of unbranched alkanes of at least 4 members (excludes halogenated alkanes) is 2. The number of nitrogens with zero attached hydrogens (tertiary/aromatic N) is 3. The monoisotopic (exact) mass is 542 g/mol. The van der Waals surface area contributed by atoms with Gasteiger partial charge in [0.05, 0.1) is 11.0 Å². The van der Waals surface area contributed by atoms with Crippen molar-refractivity contribution in [2.45, 2.75) is 50.1 Å². The molecule has 4 rings (SSSR count). The molecule has 37 heavy (non-hydrogen) atoms. The number of amides is 4. The van der Waals surface area contributed by atoms with Gasteiger partial charge in [0.1, 0.15) is 5.25 Å². The predicted molar refractivity (Wildman–Crippen MR) is 142 cm³/mol. The number of urea groups is 1. The molecule has 0 aliphatic carbocycles. The summed E-state index contributed by atoms with van der Waals surface area (Å²) in [4.78, 5) is 51.9. The van der Waals surface area contributed by atoms with E-state index < -0.39 is 10.2 Å². The number of benzene rings is 2. The number of carbonyl (C=O) groups is 3. The Hall–Kier alpha value is -3.37. The van der Waals surface area contributed by atoms with Crippen LogP contribution in [0.2, 0.25) is 5.02 Å². The van der Waals surface area contributed by atoms with E-state index in [2.05, 4.69) is 5.32 Å². The number of fused-ring (bicyclic) bond motifs is 1. The van der Waals surface area contributed by atoms with Crippen molar-refractivity contribution in [3.63, 3.8) is 0 Å². The maximum absolute atomic E-state index is 13.3. The molecule has 2 atom stereocenters. The highest BCUT2D eigenvalue weighted by molar-refractivity contribution is 8.03. The highest BCUT2D eigenvalue weighted by Crippen LogP contribution is 2.35. The summed E-state index contributed by atoms with van der Waals surface area (Å²) in [5.74, 6) is -0.280. The molecule has 0 spiro atoms. The van der Waals surface area contributed by atoms with Crippen molar-refractivity contribution in [2.24, 2.45) is 0 Å². The molecule has 9 nitrogen and oxygen atoms in total. The molecule has 2 aliphatic heterocycles. The third-order valence-corrected chi connectivity index (χ3v) is 7.83. The fourth-order valence-corrected chi connectivity index (χ4v) is 5.61. The van der Waals surface area contributed by atoms with Crippen LogP contribution in [0.5, 0.6) is 0 Å². The van der Waals surface area contributed by atoms with E-state index in [1.165, 1.54) is 28.8 Å². The van der Waals surface area contributed by atoms with Gasteiger partial charge in [0.25, 0.3) is 5.69 Å². The number of halogens is 1. The lowest BCUT2D eigenvalue weighted by molar-refractivity contribution is -0.384. The lowest BCUT2D eigenvalue weighted by Crippen LogP contribution is -2.61. The summed E-state index contributed by atoms with van der Waals surface area (Å²) in [6.07, 6.45) is 4.13. The van der Waals surface area contributed by atoms with Crippen molar-refractivity contribution in [3.8, 4) is 0 Å². The summed E-state index contributed by atoms with van der Waals surface area (Å²) in [5.41, 5.74) is 1.59. The van der Waals surface area contributed by atoms with Gasteiger partial charge in [0, 0.05) is 43.2 Å². The molecule has 0 saturated carbocycles. The second-order valence-corrected chi connectivity index (χ2v) is 10.3. The minimum absolute atomic E-state index is 0.0164. The summed E-state index contributed by atoms with van der Waals surface area (Å²) < 4.78 is 0. The molecule has 2 aliphatic rings. The van der Waals surface area contributed by atoms with Gasteiger partial charge in [-0.15, -0.1) is 11.8 Å². The number of rotatable bonds is 11. The van der Waals surface area contributed by atoms with Crippen LogP contribution in [0, 0.1) is 10.1 Å². The number of nitrogens with one attached hydrogen (secondary N) is 1. The summed E-state index contributed by atoms with van der Waals surface area (Å²) in [6.45, 7) is 0.895. The molecular weight excluding hydrogens is 516 g/mol. The van der Waals surface area contributed by atoms with Gasteiger partial charge in [-0.1, -0.05) is 54.4 Å². The van der Waals surface area contributed by atoms with Crippen LogP contribution in [0.3, 0.4) is 0 Å². The Morgan fingerprint density at radius 1 is 1.08 bits per heavy atom. The van der Waals surface area contributed by atoms with E-state index in [1.807, 2.05) is 29.7 Å². The Morgan fingerprint density at radius 3 is 2.57 bits per heavy atom. The van der Waals surface area contributed by atoms with Gasteiger partial charge in [0.2, 0.25) is 11.8 Å². The highest BCUT2D eigenvalue weighted by Gasteiger charge is 2.46. The van der Waals surface area contributed by atoms with E-state index in [1.54, 1.807) is 23.1 Å². The number of imide groups is 1. The first-order valence-corrected chi connectivity index (χ1v) is 13.3. The first kappa shape index (κ1) is 26.7. The topological polar surface area (TPSA) is 113 Å². The first-order valence-electron chi connectivity index (χ1n) is 12.0. The zero-order chi connectivity index (χ0) is 26.4. The molecule has 2 aromatic carbocycles. The van der Waals surface area contributed by atoms with Gasteiger partial charge in [-0.2, -0.15) is 0 Å². The van der Waals surface area contributed by atoms with E-state index >= 15 is 0 Å². The number of nitro groups is 1. The van der Waals surface area contributed by atoms with Crippen LogP contribution in [0.4, 0.5) is 10.5 Å². The highest BCUT2D eigenvalue weighted by atomic mass is 35.5. The maximum atomic E-state index is 13.3. The number of non-ortho nitro benzene ring substituents is 1. The first-order chi connectivity index (χ1) is 17.8. The molecule has 194 valence electrons. The number of nitro benzene ring substituents is 1. The minimum atomic E-state index is -0.467. The minimum Gasteiger partial charge on any atom is -0.352 e. The third kappa shape index (κ3) is 6.50. The Bertz CT molecular complexity index is 1210. The second kappa shape index (κ2) is 12.2. The maximum Gasteiger partial charge on any atom is 0.327 e. The molecule has 2 unspecified atom stereocenters. The average molecular weight is 543 g/mol. The van der Waals surface area contributed by atoms with Crippen LogP contribution in [0.1, 0.15) is 36.8 Å². The van der Waals surface area contributed by atoms with Gasteiger partial charge >= 0.3 is 6.03 Å². The molecule has 1 fully saturated rings. The smallest absolute Gasteiger partial charge is 0.327 e. The Balaban J connectivity index is 1.27. The Morgan fingerprint density at radius 2 is 1.84 bits per heavy atom. The van der Waals surface area contributed by atoms with Crippen LogP contribution in [0.15, 0.2) is 60.0 Å². The van der Waals surface area contributed by atoms with Crippen molar-refractivity contribution >= 4 is 46.9 Å². The van der Waals surface area contributed by atoms with Crippen molar-refractivity contribution < 1.29 is 19.3 Å². The van der Waals surface area contributed by atoms with Crippen LogP contribution in [0.25, 0.3) is 0 Å². The Kier molecular flexibility index (Phi) is 8.83. The fraction of sp³-hybridized carbons (Fsp3) is 0.346. The molecule has 0 radical (unpaired) electrons. The van der Waals surface area contributed by atoms with Gasteiger partial charge in [-0.25, -0.2) is 4.79 Å². The second-order valence-electron chi connectivity index (χ2n) is 8.88. The number of hydrogen-bond acceptors (Lipinski definition) is 6. The fourth-order valence-electron chi connectivity index (χ4n) is 4.35. The molecule has 4 amide bonds. The summed E-state index contributed by atoms with van der Waals surface area (Å²) in [5, 5.41) is 15.8. The van der Waals surface area contributed by atoms with E-state index in [9.17, 15) is 24.5 Å². The zero-order valence-corrected chi connectivity index (χ0v) is 21.6. The van der Waals surface area contributed by atoms with Crippen LogP contribution in [-0.4, -0.2) is 50.4 Å². The van der Waals surface area contributed by atoms with Crippen molar-refractivity contribution in [3.05, 3.63) is 86.3 Å². The van der Waals surface area contributed by atoms with Crippen LogP contribution < -0.4 is 5.32 Å². The molecule has 1 saturated heterocycles. The van der Waals surface area contributed by atoms with Gasteiger partial charge in [-0.3, -0.25) is 24.6 Å². The summed E-state index contributed by atoms with van der Waals surface area (Å²) in [7, 11) is 0. The Labute approximate surface area is 224 Å². The molecule has 2 aromatic rings. The van der Waals surface area contributed by atoms with Crippen LogP contribution in [-0.2, 0) is 22.7 Å². The molecular formula is C26H27ClN4O5S. The standard InChI is InChI=1S/C26H27ClN4O5S/c27-21-7-4-3-6-19(21)16-28-23(32)8-2-1-5-14-29-25(33)24-22(13-15-37-24)30(26(29)34)17-18-9-11-20(12-10-18)31(35)36/h3-4,6-7,9-13,15,22,24H,1-2,5,8,14,16-17H2,(H,28,32). The molecule has 0 bridgehead atoms. The van der Waals surface area contributed by atoms with E-state index in [-0.39, 0.29) is 42.7 Å². The van der Waals surface area contributed by atoms with E-state index in [0.717, 1.165) is 11.1 Å². The largest absolute Gasteiger partial charge is 0.352 e. The third-order valence-electron chi connectivity index (χ3n) is 6.38. The number of carbonyl (C=O) groups excluding carboxylic acids is 3. The van der Waals surface area contributed by atoms with E-state index in [4.69, 9.17) is 11.6 Å². The van der Waals surface area contributed by atoms with E-state index in [0.29, 0.717) is 37.3 Å². The summed E-state index contributed by atoms with van der Waals surface area (Å²) in [6, 6.07) is 12.7. The van der Waals surface area contributed by atoms with Gasteiger partial charge in [0.15, 0.2) is 0 Å². The van der Waals surface area contributed by atoms with Gasteiger partial charge < -0.3 is 10.2 Å². The number of thioether (sulfide) groups is 1. The SMILES string of the molecule is O=C(CCCCCN1C(=O)C2SC=CC2N(Cc2ccc([N+](=O)[O-])cc2)C1=O)NCc1ccccc1Cl. The predicted octanol–water partition coefficient (Wildman–Crippen LogP) is 4.89. The average Bonchev–Trinajstić information content (AvgIpc) is 3.38. The summed E-state index contributed by atoms with van der Waals surface area (Å²) >= 11 is 7.51. The van der Waals surface area contributed by atoms with Gasteiger partial charge in [-0.05, 0) is 35.4 Å². The van der Waals surface area contributed by atoms with Crippen molar-refractivity contribution in [1.29, 1.82) is 0 Å². The zero-order valence-electron chi connectivity index (χ0n) is 20.0. The van der Waals surface area contributed by atoms with Crippen LogP contribution >= 0.6 is 23.4 Å². The molecule has 0 aromatic heterocycles. The normalized spacial score (nSPS) is 18.7. The van der Waals surface area contributed by atoms with Crippen molar-refractivity contribution in [2.75, 3.05) is 6.54 Å². The number of hydrogen-bond donors (Lipinski definition) is 1. The lowest BCUT2D eigenvalue weighted by Gasteiger charge is -2.41.